The van der Waals surface area contributed by atoms with Crippen molar-refractivity contribution < 1.29 is 0 Å². The Bertz CT molecular complexity index is 149. The highest BCUT2D eigenvalue weighted by Gasteiger charge is 2.26. The Morgan fingerprint density at radius 1 is 0.923 bits per heavy atom. The molecule has 2 saturated heterocycles. The van der Waals surface area contributed by atoms with Crippen molar-refractivity contribution in [2.75, 3.05) is 26.2 Å². The molecule has 0 atom stereocenters. The molecule has 2 rings (SSSR count). The molecule has 0 spiro atoms. The van der Waals surface area contributed by atoms with Crippen molar-refractivity contribution in [3.63, 3.8) is 0 Å². The molecule has 2 aliphatic rings. The van der Waals surface area contributed by atoms with Crippen LogP contribution in [0, 0.1) is 11.8 Å². The monoisotopic (exact) mass is 294 g/mol. The standard InChI is InChI=1S/C10H19IN2/c11-13-7-3-10(4-8-13)9-1-5-12-6-2-9/h9-10,12H,1-8H2. The first-order chi connectivity index (χ1) is 6.36. The van der Waals surface area contributed by atoms with Gasteiger partial charge in [0.25, 0.3) is 0 Å². The van der Waals surface area contributed by atoms with Crippen LogP contribution in [0.15, 0.2) is 0 Å². The zero-order valence-electron chi connectivity index (χ0n) is 8.14. The molecule has 76 valence electrons. The van der Waals surface area contributed by atoms with Crippen molar-refractivity contribution in [3.8, 4) is 0 Å². The zero-order chi connectivity index (χ0) is 9.10. The van der Waals surface area contributed by atoms with Crippen LogP contribution in [-0.2, 0) is 0 Å². The summed E-state index contributed by atoms with van der Waals surface area (Å²) in [5.41, 5.74) is 0. The largest absolute Gasteiger partial charge is 0.317 e. The van der Waals surface area contributed by atoms with Crippen molar-refractivity contribution in [3.05, 3.63) is 0 Å². The Hall–Kier alpha value is 0.650. The van der Waals surface area contributed by atoms with E-state index in [0.717, 1.165) is 11.8 Å². The third-order valence-electron chi connectivity index (χ3n) is 3.54. The average Bonchev–Trinajstić information content (AvgIpc) is 2.20. The van der Waals surface area contributed by atoms with Crippen molar-refractivity contribution >= 4 is 22.9 Å². The summed E-state index contributed by atoms with van der Waals surface area (Å²) in [5.74, 6) is 2.07. The number of nitrogens with zero attached hydrogens (tertiary/aromatic N) is 1. The quantitative estimate of drug-likeness (QED) is 0.588. The van der Waals surface area contributed by atoms with Gasteiger partial charge in [0, 0.05) is 36.0 Å². The first kappa shape index (κ1) is 10.2. The molecular weight excluding hydrogens is 275 g/mol. The summed E-state index contributed by atoms with van der Waals surface area (Å²) in [7, 11) is 0. The van der Waals surface area contributed by atoms with E-state index < -0.39 is 0 Å². The predicted molar refractivity (Wildman–Crippen MR) is 63.9 cm³/mol. The second kappa shape index (κ2) is 4.94. The first-order valence-electron chi connectivity index (χ1n) is 5.47. The van der Waals surface area contributed by atoms with Gasteiger partial charge in [-0.15, -0.1) is 0 Å². The van der Waals surface area contributed by atoms with Crippen LogP contribution < -0.4 is 5.32 Å². The van der Waals surface area contributed by atoms with E-state index in [1.807, 2.05) is 0 Å². The maximum Gasteiger partial charge on any atom is 0.0201 e. The van der Waals surface area contributed by atoms with Crippen LogP contribution in [0.1, 0.15) is 25.7 Å². The minimum atomic E-state index is 1.03. The second-order valence-electron chi connectivity index (χ2n) is 4.33. The van der Waals surface area contributed by atoms with Gasteiger partial charge < -0.3 is 5.32 Å². The van der Waals surface area contributed by atoms with E-state index in [1.54, 1.807) is 0 Å². The van der Waals surface area contributed by atoms with E-state index in [1.165, 1.54) is 51.9 Å². The Labute approximate surface area is 94.9 Å². The number of piperidine rings is 2. The van der Waals surface area contributed by atoms with E-state index in [-0.39, 0.29) is 0 Å². The summed E-state index contributed by atoms with van der Waals surface area (Å²) in [5, 5.41) is 3.45. The molecule has 0 radical (unpaired) electrons. The Balaban J connectivity index is 1.79. The number of hydrogen-bond donors (Lipinski definition) is 1. The highest BCUT2D eigenvalue weighted by atomic mass is 127. The van der Waals surface area contributed by atoms with Gasteiger partial charge in [0.1, 0.15) is 0 Å². The Morgan fingerprint density at radius 3 is 2.08 bits per heavy atom. The van der Waals surface area contributed by atoms with E-state index in [4.69, 9.17) is 0 Å². The molecule has 0 aromatic heterocycles. The van der Waals surface area contributed by atoms with Gasteiger partial charge >= 0.3 is 0 Å². The molecule has 13 heavy (non-hydrogen) atoms. The van der Waals surface area contributed by atoms with Crippen LogP contribution in [0.4, 0.5) is 0 Å². The molecule has 2 heterocycles. The number of nitrogens with one attached hydrogen (secondary N) is 1. The van der Waals surface area contributed by atoms with Gasteiger partial charge in [-0.05, 0) is 50.6 Å². The average molecular weight is 294 g/mol. The van der Waals surface area contributed by atoms with E-state index in [0.29, 0.717) is 0 Å². The fourth-order valence-electron chi connectivity index (χ4n) is 2.66. The summed E-state index contributed by atoms with van der Waals surface area (Å²) < 4.78 is 2.44. The topological polar surface area (TPSA) is 15.3 Å². The van der Waals surface area contributed by atoms with Crippen molar-refractivity contribution in [1.29, 1.82) is 0 Å². The number of rotatable bonds is 1. The molecule has 0 unspecified atom stereocenters. The van der Waals surface area contributed by atoms with E-state index in [9.17, 15) is 0 Å². The molecule has 0 aromatic rings. The fourth-order valence-corrected chi connectivity index (χ4v) is 3.21. The second-order valence-corrected chi connectivity index (χ2v) is 5.70. The van der Waals surface area contributed by atoms with Gasteiger partial charge in [0.05, 0.1) is 0 Å². The van der Waals surface area contributed by atoms with Gasteiger partial charge in [-0.3, -0.25) is 0 Å². The predicted octanol–water partition coefficient (Wildman–Crippen LogP) is 2.05. The minimum absolute atomic E-state index is 1.03. The number of hydrogen-bond acceptors (Lipinski definition) is 2. The van der Waals surface area contributed by atoms with Crippen LogP contribution in [-0.4, -0.2) is 29.3 Å². The van der Waals surface area contributed by atoms with Gasteiger partial charge in [-0.25, -0.2) is 3.11 Å². The molecule has 3 heteroatoms. The maximum atomic E-state index is 3.45. The van der Waals surface area contributed by atoms with Gasteiger partial charge in [0.15, 0.2) is 0 Å². The molecule has 2 fully saturated rings. The fraction of sp³-hybridized carbons (Fsp3) is 1.00. The van der Waals surface area contributed by atoms with Crippen LogP contribution in [0.3, 0.4) is 0 Å². The molecular formula is C10H19IN2. The van der Waals surface area contributed by atoms with Crippen molar-refractivity contribution in [1.82, 2.24) is 8.43 Å². The maximum absolute atomic E-state index is 3.45. The summed E-state index contributed by atoms with van der Waals surface area (Å²) in [6.45, 7) is 5.15. The molecule has 0 aliphatic carbocycles. The van der Waals surface area contributed by atoms with E-state index >= 15 is 0 Å². The van der Waals surface area contributed by atoms with Crippen LogP contribution >= 0.6 is 22.9 Å². The zero-order valence-corrected chi connectivity index (χ0v) is 10.3. The summed E-state index contributed by atoms with van der Waals surface area (Å²) in [6.07, 6.45) is 5.72. The smallest absolute Gasteiger partial charge is 0.0201 e. The lowest BCUT2D eigenvalue weighted by Crippen LogP contribution is -2.36. The summed E-state index contributed by atoms with van der Waals surface area (Å²) in [4.78, 5) is 0. The lowest BCUT2D eigenvalue weighted by Gasteiger charge is -2.35. The molecule has 0 bridgehead atoms. The van der Waals surface area contributed by atoms with Gasteiger partial charge in [-0.1, -0.05) is 0 Å². The molecule has 0 amide bonds. The van der Waals surface area contributed by atoms with Gasteiger partial charge in [-0.2, -0.15) is 0 Å². The third-order valence-corrected chi connectivity index (χ3v) is 4.50. The highest BCUT2D eigenvalue weighted by molar-refractivity contribution is 14.1. The normalized spacial score (nSPS) is 29.3. The minimum Gasteiger partial charge on any atom is -0.317 e. The van der Waals surface area contributed by atoms with Gasteiger partial charge in [0.2, 0.25) is 0 Å². The summed E-state index contributed by atoms with van der Waals surface area (Å²) in [6, 6.07) is 0. The molecule has 2 nitrogen and oxygen atoms in total. The lowest BCUT2D eigenvalue weighted by atomic mass is 9.80. The molecule has 0 aromatic carbocycles. The van der Waals surface area contributed by atoms with Crippen LogP contribution in [0.5, 0.6) is 0 Å². The van der Waals surface area contributed by atoms with Crippen LogP contribution in [0.2, 0.25) is 0 Å². The number of halogens is 1. The Kier molecular flexibility index (Phi) is 3.86. The summed E-state index contributed by atoms with van der Waals surface area (Å²) >= 11 is 2.46. The van der Waals surface area contributed by atoms with Crippen molar-refractivity contribution in [2.45, 2.75) is 25.7 Å². The third kappa shape index (κ3) is 2.80. The highest BCUT2D eigenvalue weighted by Crippen LogP contribution is 2.31. The van der Waals surface area contributed by atoms with Crippen molar-refractivity contribution in [2.24, 2.45) is 11.8 Å². The molecule has 1 N–H and O–H groups in total. The van der Waals surface area contributed by atoms with E-state index in [2.05, 4.69) is 31.3 Å². The molecule has 0 saturated carbocycles. The SMILES string of the molecule is IN1CCC(C2CCNCC2)CC1. The first-order valence-corrected chi connectivity index (χ1v) is 6.44. The molecule has 2 aliphatic heterocycles. The Morgan fingerprint density at radius 2 is 1.46 bits per heavy atom. The van der Waals surface area contributed by atoms with Crippen LogP contribution in [0.25, 0.3) is 0 Å². The lowest BCUT2D eigenvalue weighted by molar-refractivity contribution is 0.189.